The largest absolute Gasteiger partial charge is 0.508 e. The van der Waals surface area contributed by atoms with Crippen molar-refractivity contribution in [3.8, 4) is 5.75 Å². The van der Waals surface area contributed by atoms with Crippen LogP contribution in [0.3, 0.4) is 0 Å². The lowest BCUT2D eigenvalue weighted by molar-refractivity contribution is 0.288. The van der Waals surface area contributed by atoms with Gasteiger partial charge < -0.3 is 10.4 Å². The van der Waals surface area contributed by atoms with Crippen LogP contribution in [0.15, 0.2) is 18.2 Å². The van der Waals surface area contributed by atoms with Crippen molar-refractivity contribution < 1.29 is 17.9 Å². The van der Waals surface area contributed by atoms with Crippen LogP contribution in [0, 0.1) is 5.82 Å². The van der Waals surface area contributed by atoms with Crippen LogP contribution < -0.4 is 5.32 Å². The van der Waals surface area contributed by atoms with Gasteiger partial charge in [-0.2, -0.15) is 0 Å². The molecule has 0 aromatic heterocycles. The third-order valence-electron chi connectivity index (χ3n) is 3.75. The van der Waals surface area contributed by atoms with E-state index >= 15 is 0 Å². The highest BCUT2D eigenvalue weighted by atomic mass is 32.2. The van der Waals surface area contributed by atoms with E-state index in [1.165, 1.54) is 16.4 Å². The maximum absolute atomic E-state index is 13.2. The molecule has 7 heteroatoms. The average molecular weight is 316 g/mol. The minimum absolute atomic E-state index is 0.0874. The summed E-state index contributed by atoms with van der Waals surface area (Å²) in [5, 5.41) is 12.6. The van der Waals surface area contributed by atoms with Crippen molar-refractivity contribution in [2.75, 3.05) is 18.8 Å². The molecule has 0 saturated carbocycles. The molecule has 21 heavy (non-hydrogen) atoms. The van der Waals surface area contributed by atoms with Crippen LogP contribution in [-0.4, -0.2) is 42.7 Å². The van der Waals surface area contributed by atoms with Gasteiger partial charge in [-0.1, -0.05) is 0 Å². The van der Waals surface area contributed by atoms with Crippen molar-refractivity contribution in [1.82, 2.24) is 9.62 Å². The Balaban J connectivity index is 1.84. The van der Waals surface area contributed by atoms with E-state index in [0.717, 1.165) is 18.9 Å². The van der Waals surface area contributed by atoms with Gasteiger partial charge in [0.15, 0.2) is 0 Å². The summed E-state index contributed by atoms with van der Waals surface area (Å²) in [4.78, 5) is 0. The topological polar surface area (TPSA) is 69.6 Å². The number of piperidine rings is 1. The summed E-state index contributed by atoms with van der Waals surface area (Å²) in [5.74, 6) is -0.417. The second kappa shape index (κ2) is 6.72. The van der Waals surface area contributed by atoms with Crippen molar-refractivity contribution in [2.24, 2.45) is 0 Å². The molecule has 1 heterocycles. The van der Waals surface area contributed by atoms with E-state index in [-0.39, 0.29) is 17.5 Å². The molecule has 0 unspecified atom stereocenters. The summed E-state index contributed by atoms with van der Waals surface area (Å²) >= 11 is 0. The number of phenolic OH excluding ortho intramolecular Hbond substituents is 1. The number of hydrogen-bond donors (Lipinski definition) is 2. The Morgan fingerprint density at radius 3 is 2.57 bits per heavy atom. The van der Waals surface area contributed by atoms with Gasteiger partial charge in [0.25, 0.3) is 0 Å². The SMILES string of the molecule is CCS(=O)(=O)N1CCC(NCc2cc(O)cc(F)c2)CC1. The van der Waals surface area contributed by atoms with Crippen molar-refractivity contribution in [1.29, 1.82) is 0 Å². The van der Waals surface area contributed by atoms with E-state index < -0.39 is 15.8 Å². The Kier molecular flexibility index (Phi) is 5.18. The fourth-order valence-electron chi connectivity index (χ4n) is 2.52. The number of sulfonamides is 1. The fraction of sp³-hybridized carbons (Fsp3) is 0.571. The molecule has 0 spiro atoms. The Morgan fingerprint density at radius 2 is 2.00 bits per heavy atom. The molecule has 2 rings (SSSR count). The first-order chi connectivity index (χ1) is 9.90. The standard InChI is InChI=1S/C14H21FN2O3S/c1-2-21(19,20)17-5-3-13(4-6-17)16-10-11-7-12(15)9-14(18)8-11/h7-9,13,16,18H,2-6,10H2,1H3. The van der Waals surface area contributed by atoms with Gasteiger partial charge in [-0.15, -0.1) is 0 Å². The van der Waals surface area contributed by atoms with Gasteiger partial charge >= 0.3 is 0 Å². The van der Waals surface area contributed by atoms with Crippen LogP contribution in [0.2, 0.25) is 0 Å². The fourth-order valence-corrected chi connectivity index (χ4v) is 3.65. The van der Waals surface area contributed by atoms with Gasteiger partial charge in [0.2, 0.25) is 10.0 Å². The van der Waals surface area contributed by atoms with Crippen molar-refractivity contribution in [3.05, 3.63) is 29.6 Å². The molecule has 0 bridgehead atoms. The zero-order chi connectivity index (χ0) is 15.5. The third-order valence-corrected chi connectivity index (χ3v) is 5.63. The number of nitrogens with zero attached hydrogens (tertiary/aromatic N) is 1. The summed E-state index contributed by atoms with van der Waals surface area (Å²) in [6.45, 7) is 3.14. The molecular weight excluding hydrogens is 295 g/mol. The van der Waals surface area contributed by atoms with Gasteiger partial charge in [0.1, 0.15) is 11.6 Å². The molecule has 1 fully saturated rings. The highest BCUT2D eigenvalue weighted by molar-refractivity contribution is 7.89. The normalized spacial score (nSPS) is 18.0. The minimum Gasteiger partial charge on any atom is -0.508 e. The molecule has 0 aliphatic carbocycles. The maximum atomic E-state index is 13.2. The lowest BCUT2D eigenvalue weighted by Crippen LogP contribution is -2.45. The van der Waals surface area contributed by atoms with E-state index in [2.05, 4.69) is 5.32 Å². The molecule has 1 aromatic carbocycles. The monoisotopic (exact) mass is 316 g/mol. The Morgan fingerprint density at radius 1 is 1.33 bits per heavy atom. The van der Waals surface area contributed by atoms with Crippen molar-refractivity contribution in [3.63, 3.8) is 0 Å². The van der Waals surface area contributed by atoms with Crippen LogP contribution >= 0.6 is 0 Å². The number of aromatic hydroxyl groups is 1. The van der Waals surface area contributed by atoms with Crippen LogP contribution in [0.1, 0.15) is 25.3 Å². The number of benzene rings is 1. The van der Waals surface area contributed by atoms with Crippen molar-refractivity contribution >= 4 is 10.0 Å². The number of rotatable bonds is 5. The first-order valence-corrected chi connectivity index (χ1v) is 8.71. The Hall–Kier alpha value is -1.18. The molecule has 5 nitrogen and oxygen atoms in total. The molecular formula is C14H21FN2O3S. The second-order valence-electron chi connectivity index (χ2n) is 5.27. The molecule has 118 valence electrons. The summed E-state index contributed by atoms with van der Waals surface area (Å²) in [7, 11) is -3.10. The number of hydrogen-bond acceptors (Lipinski definition) is 4. The van der Waals surface area contributed by atoms with Crippen LogP contribution in [0.25, 0.3) is 0 Å². The lowest BCUT2D eigenvalue weighted by Gasteiger charge is -2.31. The molecule has 1 aromatic rings. The molecule has 1 aliphatic heterocycles. The number of halogens is 1. The first-order valence-electron chi connectivity index (χ1n) is 7.10. The zero-order valence-electron chi connectivity index (χ0n) is 12.0. The van der Waals surface area contributed by atoms with E-state index in [1.807, 2.05) is 0 Å². The Labute approximate surface area is 124 Å². The average Bonchev–Trinajstić information content (AvgIpc) is 2.44. The molecule has 0 radical (unpaired) electrons. The third kappa shape index (κ3) is 4.39. The molecule has 1 saturated heterocycles. The summed E-state index contributed by atoms with van der Waals surface area (Å²) in [6.07, 6.45) is 1.47. The maximum Gasteiger partial charge on any atom is 0.213 e. The minimum atomic E-state index is -3.10. The predicted molar refractivity (Wildman–Crippen MR) is 79.0 cm³/mol. The van der Waals surface area contributed by atoms with E-state index in [4.69, 9.17) is 0 Å². The van der Waals surface area contributed by atoms with Gasteiger partial charge in [-0.05, 0) is 37.5 Å². The van der Waals surface area contributed by atoms with Crippen LogP contribution in [0.5, 0.6) is 5.75 Å². The first kappa shape index (κ1) is 16.2. The zero-order valence-corrected chi connectivity index (χ0v) is 12.9. The number of phenols is 1. The van der Waals surface area contributed by atoms with Gasteiger partial charge in [0.05, 0.1) is 5.75 Å². The van der Waals surface area contributed by atoms with Crippen LogP contribution in [-0.2, 0) is 16.6 Å². The van der Waals surface area contributed by atoms with E-state index in [0.29, 0.717) is 25.2 Å². The molecule has 0 amide bonds. The summed E-state index contributed by atoms with van der Waals surface area (Å²) in [5.41, 5.74) is 0.677. The summed E-state index contributed by atoms with van der Waals surface area (Å²) in [6, 6.07) is 4.17. The van der Waals surface area contributed by atoms with Crippen molar-refractivity contribution in [2.45, 2.75) is 32.4 Å². The molecule has 0 atom stereocenters. The van der Waals surface area contributed by atoms with E-state index in [9.17, 15) is 17.9 Å². The highest BCUT2D eigenvalue weighted by Gasteiger charge is 2.26. The summed E-state index contributed by atoms with van der Waals surface area (Å²) < 4.78 is 38.2. The smallest absolute Gasteiger partial charge is 0.213 e. The molecule has 1 aliphatic rings. The van der Waals surface area contributed by atoms with Gasteiger partial charge in [0, 0.05) is 31.7 Å². The quantitative estimate of drug-likeness (QED) is 0.862. The highest BCUT2D eigenvalue weighted by Crippen LogP contribution is 2.17. The molecule has 2 N–H and O–H groups in total. The second-order valence-corrected chi connectivity index (χ2v) is 7.53. The predicted octanol–water partition coefficient (Wildman–Crippen LogP) is 1.43. The number of nitrogens with one attached hydrogen (secondary N) is 1. The van der Waals surface area contributed by atoms with Gasteiger partial charge in [-0.3, -0.25) is 0 Å². The lowest BCUT2D eigenvalue weighted by atomic mass is 10.1. The Bertz CT molecular complexity index is 564. The van der Waals surface area contributed by atoms with Gasteiger partial charge in [-0.25, -0.2) is 17.1 Å². The van der Waals surface area contributed by atoms with Crippen LogP contribution in [0.4, 0.5) is 4.39 Å². The van der Waals surface area contributed by atoms with E-state index in [1.54, 1.807) is 6.92 Å².